The fourth-order valence-corrected chi connectivity index (χ4v) is 3.33. The summed E-state index contributed by atoms with van der Waals surface area (Å²) >= 11 is 0. The second kappa shape index (κ2) is 7.28. The molecule has 0 N–H and O–H groups in total. The van der Waals surface area contributed by atoms with Crippen LogP contribution in [0.3, 0.4) is 0 Å². The lowest BCUT2D eigenvalue weighted by Crippen LogP contribution is -2.36. The van der Waals surface area contributed by atoms with Crippen LogP contribution in [-0.2, 0) is 4.79 Å². The summed E-state index contributed by atoms with van der Waals surface area (Å²) in [7, 11) is 0. The average molecular weight is 300 g/mol. The van der Waals surface area contributed by atoms with E-state index < -0.39 is 0 Å². The molecule has 1 aromatic rings. The van der Waals surface area contributed by atoms with E-state index in [0.29, 0.717) is 17.7 Å². The maximum absolute atomic E-state index is 12.2. The summed E-state index contributed by atoms with van der Waals surface area (Å²) in [5.74, 6) is 1.39. The van der Waals surface area contributed by atoms with Crippen LogP contribution >= 0.6 is 0 Å². The zero-order valence-corrected chi connectivity index (χ0v) is 13.7. The summed E-state index contributed by atoms with van der Waals surface area (Å²) in [6.45, 7) is 7.52. The van der Waals surface area contributed by atoms with Gasteiger partial charge in [-0.2, -0.15) is 0 Å². The van der Waals surface area contributed by atoms with Gasteiger partial charge in [-0.15, -0.1) is 0 Å². The Morgan fingerprint density at radius 2 is 1.91 bits per heavy atom. The summed E-state index contributed by atoms with van der Waals surface area (Å²) < 4.78 is 0. The third kappa shape index (κ3) is 4.10. The highest BCUT2D eigenvalue weighted by Gasteiger charge is 2.33. The first-order valence-corrected chi connectivity index (χ1v) is 8.80. The molecule has 1 heterocycles. The lowest BCUT2D eigenvalue weighted by Gasteiger charge is -2.23. The van der Waals surface area contributed by atoms with Crippen LogP contribution in [0.2, 0.25) is 0 Å². The molecule has 2 fully saturated rings. The predicted molar refractivity (Wildman–Crippen MR) is 89.8 cm³/mol. The van der Waals surface area contributed by atoms with E-state index in [0.717, 1.165) is 52.0 Å². The standard InChI is InChI=1S/C19H28N2O/c1-16(17-6-3-2-4-7-17)10-13-20-11-5-12-21(15-14-20)19(22)18-8-9-18/h2-4,6-7,16,18H,5,8-15H2,1H3. The first-order valence-electron chi connectivity index (χ1n) is 8.80. The van der Waals surface area contributed by atoms with Crippen molar-refractivity contribution in [2.24, 2.45) is 5.92 Å². The number of benzene rings is 1. The highest BCUT2D eigenvalue weighted by Crippen LogP contribution is 2.31. The molecule has 0 aromatic heterocycles. The van der Waals surface area contributed by atoms with Gasteiger partial charge in [0.05, 0.1) is 0 Å². The zero-order chi connectivity index (χ0) is 15.4. The predicted octanol–water partition coefficient (Wildman–Crippen LogP) is 3.12. The Morgan fingerprint density at radius 1 is 1.14 bits per heavy atom. The minimum absolute atomic E-state index is 0.365. The SMILES string of the molecule is CC(CCN1CCCN(C(=O)C2CC2)CC1)c1ccccc1. The lowest BCUT2D eigenvalue weighted by molar-refractivity contribution is -0.132. The molecule has 1 amide bonds. The maximum Gasteiger partial charge on any atom is 0.225 e. The summed E-state index contributed by atoms with van der Waals surface area (Å²) in [5, 5.41) is 0. The van der Waals surface area contributed by atoms with Crippen molar-refractivity contribution in [3.05, 3.63) is 35.9 Å². The molecular formula is C19H28N2O. The van der Waals surface area contributed by atoms with Gasteiger partial charge in [0.15, 0.2) is 0 Å². The highest BCUT2D eigenvalue weighted by atomic mass is 16.2. The molecule has 1 atom stereocenters. The topological polar surface area (TPSA) is 23.6 Å². The van der Waals surface area contributed by atoms with Crippen LogP contribution in [0.4, 0.5) is 0 Å². The molecule has 1 unspecified atom stereocenters. The van der Waals surface area contributed by atoms with Crippen LogP contribution < -0.4 is 0 Å². The van der Waals surface area contributed by atoms with Crippen LogP contribution in [0, 0.1) is 5.92 Å². The van der Waals surface area contributed by atoms with Crippen molar-refractivity contribution in [3.8, 4) is 0 Å². The Bertz CT molecular complexity index is 483. The normalized spacial score (nSPS) is 21.4. The van der Waals surface area contributed by atoms with Gasteiger partial charge in [-0.05, 0) is 50.3 Å². The molecule has 120 valence electrons. The second-order valence-corrected chi connectivity index (χ2v) is 6.90. The minimum Gasteiger partial charge on any atom is -0.341 e. The number of nitrogens with zero attached hydrogens (tertiary/aromatic N) is 2. The first-order chi connectivity index (χ1) is 10.7. The molecule has 1 aromatic carbocycles. The molecule has 3 rings (SSSR count). The van der Waals surface area contributed by atoms with Gasteiger partial charge in [-0.25, -0.2) is 0 Å². The van der Waals surface area contributed by atoms with E-state index in [9.17, 15) is 4.79 Å². The summed E-state index contributed by atoms with van der Waals surface area (Å²) in [5.41, 5.74) is 1.43. The molecule has 2 aliphatic rings. The zero-order valence-electron chi connectivity index (χ0n) is 13.7. The molecule has 0 bridgehead atoms. The van der Waals surface area contributed by atoms with Gasteiger partial charge in [0.1, 0.15) is 0 Å². The highest BCUT2D eigenvalue weighted by molar-refractivity contribution is 5.81. The van der Waals surface area contributed by atoms with Crippen LogP contribution in [0.5, 0.6) is 0 Å². The smallest absolute Gasteiger partial charge is 0.225 e. The number of amides is 1. The van der Waals surface area contributed by atoms with E-state index >= 15 is 0 Å². The number of rotatable bonds is 5. The molecule has 1 aliphatic heterocycles. The van der Waals surface area contributed by atoms with E-state index in [4.69, 9.17) is 0 Å². The molecular weight excluding hydrogens is 272 g/mol. The molecule has 0 radical (unpaired) electrons. The molecule has 3 nitrogen and oxygen atoms in total. The van der Waals surface area contributed by atoms with Gasteiger partial charge in [0.25, 0.3) is 0 Å². The van der Waals surface area contributed by atoms with E-state index in [-0.39, 0.29) is 0 Å². The van der Waals surface area contributed by atoms with Crippen molar-refractivity contribution < 1.29 is 4.79 Å². The van der Waals surface area contributed by atoms with Crippen molar-refractivity contribution in [2.75, 3.05) is 32.7 Å². The number of hydrogen-bond donors (Lipinski definition) is 0. The van der Waals surface area contributed by atoms with Crippen LogP contribution in [0.1, 0.15) is 44.1 Å². The Labute approximate surface area is 134 Å². The van der Waals surface area contributed by atoms with Crippen molar-refractivity contribution in [1.29, 1.82) is 0 Å². The Kier molecular flexibility index (Phi) is 5.14. The number of hydrogen-bond acceptors (Lipinski definition) is 2. The molecule has 1 aliphatic carbocycles. The second-order valence-electron chi connectivity index (χ2n) is 6.90. The van der Waals surface area contributed by atoms with E-state index in [2.05, 4.69) is 47.1 Å². The van der Waals surface area contributed by atoms with Crippen molar-refractivity contribution in [1.82, 2.24) is 9.80 Å². The lowest BCUT2D eigenvalue weighted by atomic mass is 9.98. The van der Waals surface area contributed by atoms with Crippen molar-refractivity contribution in [3.63, 3.8) is 0 Å². The largest absolute Gasteiger partial charge is 0.341 e. The maximum atomic E-state index is 12.2. The minimum atomic E-state index is 0.365. The van der Waals surface area contributed by atoms with Gasteiger partial charge < -0.3 is 9.80 Å². The average Bonchev–Trinajstić information content (AvgIpc) is 3.39. The van der Waals surface area contributed by atoms with Crippen molar-refractivity contribution >= 4 is 5.91 Å². The van der Waals surface area contributed by atoms with Gasteiger partial charge >= 0.3 is 0 Å². The Morgan fingerprint density at radius 3 is 2.64 bits per heavy atom. The van der Waals surface area contributed by atoms with Crippen LogP contribution in [0.15, 0.2) is 30.3 Å². The fraction of sp³-hybridized carbons (Fsp3) is 0.632. The van der Waals surface area contributed by atoms with E-state index in [1.165, 1.54) is 12.0 Å². The number of carbonyl (C=O) groups excluding carboxylic acids is 1. The summed E-state index contributed by atoms with van der Waals surface area (Å²) in [4.78, 5) is 16.8. The molecule has 0 spiro atoms. The number of carbonyl (C=O) groups is 1. The van der Waals surface area contributed by atoms with Gasteiger partial charge in [-0.3, -0.25) is 4.79 Å². The summed E-state index contributed by atoms with van der Waals surface area (Å²) in [6, 6.07) is 10.8. The van der Waals surface area contributed by atoms with E-state index in [1.54, 1.807) is 0 Å². The quantitative estimate of drug-likeness (QED) is 0.834. The Balaban J connectivity index is 1.44. The third-order valence-corrected chi connectivity index (χ3v) is 5.07. The van der Waals surface area contributed by atoms with Crippen molar-refractivity contribution in [2.45, 2.75) is 38.5 Å². The first kappa shape index (κ1) is 15.5. The van der Waals surface area contributed by atoms with Gasteiger partial charge in [-0.1, -0.05) is 37.3 Å². The van der Waals surface area contributed by atoms with Crippen LogP contribution in [-0.4, -0.2) is 48.4 Å². The molecule has 3 heteroatoms. The monoisotopic (exact) mass is 300 g/mol. The van der Waals surface area contributed by atoms with Gasteiger partial charge in [0.2, 0.25) is 5.91 Å². The third-order valence-electron chi connectivity index (χ3n) is 5.07. The van der Waals surface area contributed by atoms with Crippen LogP contribution in [0.25, 0.3) is 0 Å². The van der Waals surface area contributed by atoms with Gasteiger partial charge in [0, 0.05) is 25.6 Å². The molecule has 1 saturated carbocycles. The van der Waals surface area contributed by atoms with E-state index in [1.807, 2.05) is 0 Å². The fourth-order valence-electron chi connectivity index (χ4n) is 3.33. The molecule has 1 saturated heterocycles. The Hall–Kier alpha value is -1.35. The summed E-state index contributed by atoms with van der Waals surface area (Å²) in [6.07, 6.45) is 4.56. The molecule has 22 heavy (non-hydrogen) atoms.